The van der Waals surface area contributed by atoms with Crippen molar-refractivity contribution in [3.63, 3.8) is 0 Å². The van der Waals surface area contributed by atoms with Gasteiger partial charge >= 0.3 is 11.9 Å². The standard InChI is InChI=1S/C47H89NO7/c1-6-8-10-12-14-16-18-19-20-21-22-23-24-25-26-27-28-30-32-34-36-38-46(50)55-43(41-53-40-39-44(47(51)52)48(3,4)5)42-54-45(49)37-35-33-31-29-17-15-13-11-9-7-2/h21-22,43-44H,6-20,23-42H2,1-5H3/b22-21-. The van der Waals surface area contributed by atoms with E-state index in [1.165, 1.54) is 148 Å². The van der Waals surface area contributed by atoms with Gasteiger partial charge in [-0.15, -0.1) is 0 Å². The zero-order valence-corrected chi connectivity index (χ0v) is 36.9. The van der Waals surface area contributed by atoms with Crippen molar-refractivity contribution >= 4 is 17.9 Å². The second kappa shape index (κ2) is 38.9. The van der Waals surface area contributed by atoms with Gasteiger partial charge in [0.05, 0.1) is 40.3 Å². The summed E-state index contributed by atoms with van der Waals surface area (Å²) in [6, 6.07) is -0.721. The molecule has 0 heterocycles. The Bertz CT molecular complexity index is 915. The largest absolute Gasteiger partial charge is 0.544 e. The number of allylic oxidation sites excluding steroid dienone is 2. The maximum atomic E-state index is 12.7. The highest BCUT2D eigenvalue weighted by atomic mass is 16.6. The molecular formula is C47H89NO7. The minimum Gasteiger partial charge on any atom is -0.544 e. The van der Waals surface area contributed by atoms with E-state index >= 15 is 0 Å². The van der Waals surface area contributed by atoms with Crippen molar-refractivity contribution in [2.75, 3.05) is 41.0 Å². The number of carboxylic acid groups (broad SMARTS) is 1. The molecule has 0 aliphatic carbocycles. The molecule has 0 aromatic carbocycles. The lowest BCUT2D eigenvalue weighted by molar-refractivity contribution is -0.889. The summed E-state index contributed by atoms with van der Waals surface area (Å²) in [5.41, 5.74) is 0. The highest BCUT2D eigenvalue weighted by molar-refractivity contribution is 5.70. The first-order chi connectivity index (χ1) is 26.6. The molecule has 0 radical (unpaired) electrons. The molecule has 324 valence electrons. The Hall–Kier alpha value is -1.93. The minimum atomic E-state index is -1.12. The van der Waals surface area contributed by atoms with Crippen LogP contribution in [0.15, 0.2) is 12.2 Å². The van der Waals surface area contributed by atoms with Gasteiger partial charge in [-0.25, -0.2) is 0 Å². The molecule has 0 aliphatic heterocycles. The Kier molecular flexibility index (Phi) is 37.6. The molecule has 0 saturated heterocycles. The fourth-order valence-corrected chi connectivity index (χ4v) is 7.01. The number of rotatable bonds is 42. The van der Waals surface area contributed by atoms with Gasteiger partial charge in [0, 0.05) is 19.3 Å². The number of aliphatic carboxylic acids is 1. The maximum absolute atomic E-state index is 12.7. The van der Waals surface area contributed by atoms with Gasteiger partial charge in [-0.3, -0.25) is 9.59 Å². The number of likely N-dealkylation sites (N-methyl/N-ethyl adjacent to an activating group) is 1. The zero-order chi connectivity index (χ0) is 40.7. The van der Waals surface area contributed by atoms with E-state index in [2.05, 4.69) is 26.0 Å². The smallest absolute Gasteiger partial charge is 0.306 e. The number of quaternary nitrogens is 1. The molecule has 55 heavy (non-hydrogen) atoms. The molecule has 0 aliphatic rings. The summed E-state index contributed by atoms with van der Waals surface area (Å²) in [6.07, 6.45) is 41.0. The third kappa shape index (κ3) is 37.4. The highest BCUT2D eigenvalue weighted by Crippen LogP contribution is 2.15. The lowest BCUT2D eigenvalue weighted by atomic mass is 10.1. The van der Waals surface area contributed by atoms with Crippen LogP contribution in [0.2, 0.25) is 0 Å². The van der Waals surface area contributed by atoms with Crippen LogP contribution in [0.3, 0.4) is 0 Å². The van der Waals surface area contributed by atoms with Gasteiger partial charge in [-0.2, -0.15) is 0 Å². The Balaban J connectivity index is 4.21. The van der Waals surface area contributed by atoms with E-state index in [0.717, 1.165) is 38.5 Å². The third-order valence-electron chi connectivity index (χ3n) is 10.7. The molecule has 0 aromatic rings. The molecule has 0 aromatic heterocycles. The number of carboxylic acids is 1. The fraction of sp³-hybridized carbons (Fsp3) is 0.894. The van der Waals surface area contributed by atoms with Crippen molar-refractivity contribution in [1.82, 2.24) is 0 Å². The second-order valence-electron chi connectivity index (χ2n) is 17.0. The monoisotopic (exact) mass is 780 g/mol. The first-order valence-corrected chi connectivity index (χ1v) is 23.2. The van der Waals surface area contributed by atoms with Crippen LogP contribution in [0.25, 0.3) is 0 Å². The van der Waals surface area contributed by atoms with Gasteiger partial charge in [0.25, 0.3) is 0 Å². The van der Waals surface area contributed by atoms with E-state index < -0.39 is 18.1 Å². The van der Waals surface area contributed by atoms with Crippen LogP contribution < -0.4 is 5.11 Å². The number of esters is 2. The molecule has 0 rings (SSSR count). The molecular weight excluding hydrogens is 691 g/mol. The van der Waals surface area contributed by atoms with Crippen LogP contribution in [0.1, 0.15) is 219 Å². The van der Waals surface area contributed by atoms with Crippen LogP contribution >= 0.6 is 0 Å². The van der Waals surface area contributed by atoms with Crippen LogP contribution in [0.5, 0.6) is 0 Å². The van der Waals surface area contributed by atoms with Crippen LogP contribution in [-0.2, 0) is 28.6 Å². The average molecular weight is 780 g/mol. The number of carbonyl (C=O) groups is 3. The molecule has 0 amide bonds. The van der Waals surface area contributed by atoms with Crippen molar-refractivity contribution in [2.45, 2.75) is 231 Å². The van der Waals surface area contributed by atoms with Crippen molar-refractivity contribution in [3.05, 3.63) is 12.2 Å². The van der Waals surface area contributed by atoms with Gasteiger partial charge in [0.15, 0.2) is 6.10 Å². The Labute approximate surface area is 339 Å². The molecule has 0 fully saturated rings. The normalized spacial score (nSPS) is 13.0. The van der Waals surface area contributed by atoms with Crippen LogP contribution in [0.4, 0.5) is 0 Å². The molecule has 2 unspecified atom stereocenters. The Morgan fingerprint density at radius 2 is 0.909 bits per heavy atom. The number of hydrogen-bond acceptors (Lipinski definition) is 7. The van der Waals surface area contributed by atoms with Crippen molar-refractivity contribution in [2.24, 2.45) is 0 Å². The molecule has 8 nitrogen and oxygen atoms in total. The van der Waals surface area contributed by atoms with Crippen molar-refractivity contribution < 1.29 is 38.2 Å². The first-order valence-electron chi connectivity index (χ1n) is 23.2. The summed E-state index contributed by atoms with van der Waals surface area (Å²) in [6.45, 7) is 4.67. The Morgan fingerprint density at radius 1 is 0.527 bits per heavy atom. The summed E-state index contributed by atoms with van der Waals surface area (Å²) in [4.78, 5) is 36.8. The van der Waals surface area contributed by atoms with Gasteiger partial charge < -0.3 is 28.6 Å². The number of ether oxygens (including phenoxy) is 3. The summed E-state index contributed by atoms with van der Waals surface area (Å²) in [7, 11) is 5.41. The summed E-state index contributed by atoms with van der Waals surface area (Å²) in [5, 5.41) is 11.6. The van der Waals surface area contributed by atoms with E-state index in [1.807, 2.05) is 0 Å². The van der Waals surface area contributed by atoms with Crippen molar-refractivity contribution in [3.8, 4) is 0 Å². The quantitative estimate of drug-likeness (QED) is 0.0263. The zero-order valence-electron chi connectivity index (χ0n) is 36.9. The maximum Gasteiger partial charge on any atom is 0.306 e. The molecule has 8 heteroatoms. The highest BCUT2D eigenvalue weighted by Gasteiger charge is 2.25. The van der Waals surface area contributed by atoms with Crippen LogP contribution in [-0.4, -0.2) is 75.5 Å². The van der Waals surface area contributed by atoms with E-state index in [1.54, 1.807) is 21.1 Å². The summed E-state index contributed by atoms with van der Waals surface area (Å²) in [5.74, 6) is -1.73. The molecule has 0 N–H and O–H groups in total. The van der Waals surface area contributed by atoms with Gasteiger partial charge in [-0.1, -0.05) is 174 Å². The minimum absolute atomic E-state index is 0.0454. The fourth-order valence-electron chi connectivity index (χ4n) is 7.01. The summed E-state index contributed by atoms with van der Waals surface area (Å²) < 4.78 is 17.2. The van der Waals surface area contributed by atoms with Gasteiger partial charge in [0.2, 0.25) is 0 Å². The predicted octanol–water partition coefficient (Wildman–Crippen LogP) is 11.4. The number of hydrogen-bond donors (Lipinski definition) is 0. The lowest BCUT2D eigenvalue weighted by Crippen LogP contribution is -2.55. The molecule has 0 saturated carbocycles. The Morgan fingerprint density at radius 3 is 1.31 bits per heavy atom. The molecule has 0 bridgehead atoms. The van der Waals surface area contributed by atoms with Gasteiger partial charge in [-0.05, 0) is 38.5 Å². The molecule has 2 atom stereocenters. The van der Waals surface area contributed by atoms with E-state index in [-0.39, 0.29) is 42.7 Å². The third-order valence-corrected chi connectivity index (χ3v) is 10.7. The van der Waals surface area contributed by atoms with Gasteiger partial charge in [0.1, 0.15) is 12.6 Å². The van der Waals surface area contributed by atoms with E-state index in [4.69, 9.17) is 14.2 Å². The average Bonchev–Trinajstić information content (AvgIpc) is 3.14. The number of unbranched alkanes of at least 4 members (excludes halogenated alkanes) is 26. The summed E-state index contributed by atoms with van der Waals surface area (Å²) >= 11 is 0. The topological polar surface area (TPSA) is 102 Å². The van der Waals surface area contributed by atoms with E-state index in [9.17, 15) is 19.5 Å². The first kappa shape index (κ1) is 53.1. The SMILES string of the molecule is CCCCCCCCCC/C=C\CCCCCCCCCCCC(=O)OC(COCCC(C(=O)[O-])[N+](C)(C)C)COC(=O)CCCCCCCCCCCC. The lowest BCUT2D eigenvalue weighted by Gasteiger charge is -2.34. The van der Waals surface area contributed by atoms with Crippen LogP contribution in [0, 0.1) is 0 Å². The number of nitrogens with zero attached hydrogens (tertiary/aromatic N) is 1. The predicted molar refractivity (Wildman–Crippen MR) is 227 cm³/mol. The second-order valence-corrected chi connectivity index (χ2v) is 17.0. The van der Waals surface area contributed by atoms with E-state index in [0.29, 0.717) is 12.8 Å². The number of carbonyl (C=O) groups excluding carboxylic acids is 3. The molecule has 0 spiro atoms. The van der Waals surface area contributed by atoms with Crippen molar-refractivity contribution in [1.29, 1.82) is 0 Å².